The highest BCUT2D eigenvalue weighted by atomic mass is 32.2. The minimum absolute atomic E-state index is 0.855. The number of thioether (sulfide) groups is 1. The fourth-order valence-electron chi connectivity index (χ4n) is 1.72. The predicted octanol–water partition coefficient (Wildman–Crippen LogP) is 1.66. The van der Waals surface area contributed by atoms with E-state index in [4.69, 9.17) is 0 Å². The Morgan fingerprint density at radius 3 is 3.17 bits per heavy atom. The molecule has 2 aliphatic rings. The highest BCUT2D eigenvalue weighted by Gasteiger charge is 2.16. The van der Waals surface area contributed by atoms with Crippen LogP contribution in [0.15, 0.2) is 4.99 Å². The molecular weight excluding hydrogens is 168 g/mol. The van der Waals surface area contributed by atoms with Crippen molar-refractivity contribution >= 4 is 17.6 Å². The molecule has 68 valence electrons. The van der Waals surface area contributed by atoms with Crippen LogP contribution >= 0.6 is 11.8 Å². The molecule has 1 N–H and O–H groups in total. The summed E-state index contributed by atoms with van der Waals surface area (Å²) < 4.78 is 0. The fraction of sp³-hybridized carbons (Fsp3) is 0.889. The van der Waals surface area contributed by atoms with Gasteiger partial charge in [0.2, 0.25) is 0 Å². The van der Waals surface area contributed by atoms with Crippen molar-refractivity contribution in [2.75, 3.05) is 18.8 Å². The van der Waals surface area contributed by atoms with Crippen molar-refractivity contribution in [1.29, 1.82) is 0 Å². The van der Waals surface area contributed by atoms with Crippen LogP contribution in [0.4, 0.5) is 0 Å². The van der Waals surface area contributed by atoms with E-state index < -0.39 is 0 Å². The number of rotatable bonds is 2. The number of nitrogens with one attached hydrogen (secondary N) is 1. The van der Waals surface area contributed by atoms with E-state index in [1.807, 2.05) is 0 Å². The van der Waals surface area contributed by atoms with Gasteiger partial charge in [-0.2, -0.15) is 11.8 Å². The van der Waals surface area contributed by atoms with Crippen LogP contribution in [0.2, 0.25) is 0 Å². The molecule has 0 saturated carbocycles. The minimum atomic E-state index is 0.855. The fourth-order valence-corrected chi connectivity index (χ4v) is 2.92. The highest BCUT2D eigenvalue weighted by molar-refractivity contribution is 8.00. The van der Waals surface area contributed by atoms with E-state index in [9.17, 15) is 0 Å². The second kappa shape index (κ2) is 4.17. The largest absolute Gasteiger partial charge is 0.373 e. The molecule has 1 unspecified atom stereocenters. The number of hydrogen-bond donors (Lipinski definition) is 1. The van der Waals surface area contributed by atoms with Gasteiger partial charge in [-0.15, -0.1) is 0 Å². The van der Waals surface area contributed by atoms with Crippen LogP contribution in [0, 0.1) is 0 Å². The zero-order valence-corrected chi connectivity index (χ0v) is 8.20. The first-order valence-electron chi connectivity index (χ1n) is 4.84. The third-order valence-corrected chi connectivity index (χ3v) is 3.83. The molecule has 0 spiro atoms. The average Bonchev–Trinajstić information content (AvgIpc) is 2.74. The normalized spacial score (nSPS) is 29.0. The van der Waals surface area contributed by atoms with E-state index in [1.165, 1.54) is 37.3 Å². The van der Waals surface area contributed by atoms with Crippen molar-refractivity contribution in [3.05, 3.63) is 0 Å². The van der Waals surface area contributed by atoms with Gasteiger partial charge in [0, 0.05) is 24.8 Å². The van der Waals surface area contributed by atoms with Gasteiger partial charge in [0.05, 0.1) is 5.84 Å². The first-order chi connectivity index (χ1) is 5.95. The van der Waals surface area contributed by atoms with Crippen LogP contribution < -0.4 is 5.32 Å². The Kier molecular flexibility index (Phi) is 2.93. The van der Waals surface area contributed by atoms with Gasteiger partial charge in [-0.1, -0.05) is 0 Å². The van der Waals surface area contributed by atoms with Gasteiger partial charge in [-0.25, -0.2) is 0 Å². The van der Waals surface area contributed by atoms with Crippen LogP contribution in [0.25, 0.3) is 0 Å². The molecular formula is C9H16N2S. The Bertz CT molecular complexity index is 173. The van der Waals surface area contributed by atoms with E-state index in [0.717, 1.165) is 18.3 Å². The van der Waals surface area contributed by atoms with Gasteiger partial charge >= 0.3 is 0 Å². The molecule has 2 nitrogen and oxygen atoms in total. The van der Waals surface area contributed by atoms with Crippen LogP contribution in [0.3, 0.4) is 0 Å². The summed E-state index contributed by atoms with van der Waals surface area (Å²) in [6.07, 6.45) is 5.23. The summed E-state index contributed by atoms with van der Waals surface area (Å²) in [6.45, 7) is 2.18. The molecule has 1 saturated heterocycles. The minimum Gasteiger partial charge on any atom is -0.373 e. The van der Waals surface area contributed by atoms with Gasteiger partial charge in [0.15, 0.2) is 0 Å². The van der Waals surface area contributed by atoms with E-state index in [0.29, 0.717) is 0 Å². The molecule has 0 aliphatic carbocycles. The molecule has 2 aliphatic heterocycles. The second-order valence-corrected chi connectivity index (χ2v) is 4.86. The summed E-state index contributed by atoms with van der Waals surface area (Å²) in [5.41, 5.74) is 0. The first-order valence-corrected chi connectivity index (χ1v) is 5.89. The van der Waals surface area contributed by atoms with Crippen molar-refractivity contribution in [1.82, 2.24) is 5.32 Å². The van der Waals surface area contributed by atoms with Gasteiger partial charge in [-0.3, -0.25) is 4.99 Å². The quantitative estimate of drug-likeness (QED) is 0.706. The van der Waals surface area contributed by atoms with Gasteiger partial charge in [0.1, 0.15) is 0 Å². The summed E-state index contributed by atoms with van der Waals surface area (Å²) in [5, 5.41) is 4.31. The highest BCUT2D eigenvalue weighted by Crippen LogP contribution is 2.25. The first kappa shape index (κ1) is 8.42. The zero-order chi connectivity index (χ0) is 8.23. The van der Waals surface area contributed by atoms with Gasteiger partial charge in [-0.05, 0) is 25.0 Å². The third-order valence-electron chi connectivity index (χ3n) is 2.43. The number of nitrogens with zero attached hydrogens (tertiary/aromatic N) is 1. The molecule has 1 fully saturated rings. The lowest BCUT2D eigenvalue weighted by molar-refractivity contribution is 0.743. The van der Waals surface area contributed by atoms with Crippen LogP contribution in [-0.2, 0) is 0 Å². The standard InChI is InChI=1S/C9H16N2S/c1-4-9(10-5-1)11-7-8-3-2-6-12-8/h8H,1-7H2,(H,10,11). The molecule has 1 atom stereocenters. The summed E-state index contributed by atoms with van der Waals surface area (Å²) in [5.74, 6) is 2.61. The summed E-state index contributed by atoms with van der Waals surface area (Å²) in [7, 11) is 0. The van der Waals surface area contributed by atoms with E-state index in [2.05, 4.69) is 22.1 Å². The molecule has 0 amide bonds. The van der Waals surface area contributed by atoms with E-state index >= 15 is 0 Å². The number of amidine groups is 1. The molecule has 12 heavy (non-hydrogen) atoms. The Balaban J connectivity index is 1.67. The van der Waals surface area contributed by atoms with E-state index in [-0.39, 0.29) is 0 Å². The van der Waals surface area contributed by atoms with Crippen LogP contribution in [0.5, 0.6) is 0 Å². The topological polar surface area (TPSA) is 24.4 Å². The van der Waals surface area contributed by atoms with Crippen molar-refractivity contribution in [3.8, 4) is 0 Å². The maximum absolute atomic E-state index is 4.39. The zero-order valence-electron chi connectivity index (χ0n) is 7.38. The molecule has 2 heterocycles. The Morgan fingerprint density at radius 1 is 1.50 bits per heavy atom. The Hall–Kier alpha value is -0.180. The maximum Gasteiger partial charge on any atom is 0.0964 e. The third kappa shape index (κ3) is 2.16. The summed E-state index contributed by atoms with van der Waals surface area (Å²) in [4.78, 5) is 4.39. The smallest absolute Gasteiger partial charge is 0.0964 e. The van der Waals surface area contributed by atoms with Gasteiger partial charge in [0.25, 0.3) is 0 Å². The summed E-state index contributed by atoms with van der Waals surface area (Å²) >= 11 is 2.11. The van der Waals surface area contributed by atoms with Crippen molar-refractivity contribution in [2.45, 2.75) is 30.9 Å². The number of aliphatic imine (C=N–C) groups is 1. The maximum atomic E-state index is 4.39. The number of hydrogen-bond acceptors (Lipinski definition) is 3. The molecule has 2 rings (SSSR count). The van der Waals surface area contributed by atoms with Crippen LogP contribution in [0.1, 0.15) is 25.7 Å². The average molecular weight is 184 g/mol. The SMILES string of the molecule is C1CN=C(NCC2CCCS2)C1. The lowest BCUT2D eigenvalue weighted by Crippen LogP contribution is -2.28. The molecule has 0 aromatic rings. The molecule has 0 aromatic heterocycles. The lowest BCUT2D eigenvalue weighted by Gasteiger charge is -2.10. The molecule has 0 bridgehead atoms. The second-order valence-electron chi connectivity index (χ2n) is 3.45. The van der Waals surface area contributed by atoms with Crippen molar-refractivity contribution in [3.63, 3.8) is 0 Å². The molecule has 0 radical (unpaired) electrons. The molecule has 3 heteroatoms. The van der Waals surface area contributed by atoms with Gasteiger partial charge < -0.3 is 5.32 Å². The van der Waals surface area contributed by atoms with E-state index in [1.54, 1.807) is 0 Å². The molecule has 0 aromatic carbocycles. The predicted molar refractivity (Wildman–Crippen MR) is 55.0 cm³/mol. The summed E-state index contributed by atoms with van der Waals surface area (Å²) in [6, 6.07) is 0. The van der Waals surface area contributed by atoms with Crippen molar-refractivity contribution < 1.29 is 0 Å². The lowest BCUT2D eigenvalue weighted by atomic mass is 10.2. The Labute approximate surface area is 78.2 Å². The van der Waals surface area contributed by atoms with Crippen molar-refractivity contribution in [2.24, 2.45) is 4.99 Å². The van der Waals surface area contributed by atoms with Crippen LogP contribution in [-0.4, -0.2) is 29.9 Å². The monoisotopic (exact) mass is 184 g/mol. The Morgan fingerprint density at radius 2 is 2.50 bits per heavy atom.